The molecule has 170 valence electrons. The number of aromatic nitrogens is 2. The van der Waals surface area contributed by atoms with Crippen molar-refractivity contribution >= 4 is 33.5 Å². The highest BCUT2D eigenvalue weighted by Gasteiger charge is 2.23. The van der Waals surface area contributed by atoms with E-state index in [2.05, 4.69) is 22.5 Å². The van der Waals surface area contributed by atoms with Gasteiger partial charge in [0.15, 0.2) is 0 Å². The average molecular weight is 448 g/mol. The second-order valence-corrected chi connectivity index (χ2v) is 8.18. The van der Waals surface area contributed by atoms with Crippen LogP contribution in [0.5, 0.6) is 0 Å². The molecule has 7 heteroatoms. The number of rotatable bonds is 5. The van der Waals surface area contributed by atoms with Gasteiger partial charge in [-0.05, 0) is 30.7 Å². The number of nitrogens with zero attached hydrogens (tertiary/aromatic N) is 3. The van der Waals surface area contributed by atoms with Crippen LogP contribution < -0.4 is 4.90 Å². The molecule has 0 spiro atoms. The summed E-state index contributed by atoms with van der Waals surface area (Å²) >= 11 is 0. The minimum atomic E-state index is -0.424. The molecule has 1 aromatic heterocycles. The highest BCUT2D eigenvalue weighted by atomic mass is 19.1. The van der Waals surface area contributed by atoms with Crippen LogP contribution in [0.25, 0.3) is 27.5 Å². The number of hydrogen-bond donors (Lipinski definition) is 0. The predicted octanol–water partition coefficient (Wildman–Crippen LogP) is 4.89. The van der Waals surface area contributed by atoms with Crippen LogP contribution in [0.1, 0.15) is 29.5 Å². The second kappa shape index (κ2) is 8.83. The highest BCUT2D eigenvalue weighted by Crippen LogP contribution is 2.34. The average Bonchev–Trinajstić information content (AvgIpc) is 3.21. The third kappa shape index (κ3) is 3.72. The lowest BCUT2D eigenvalue weighted by Gasteiger charge is -2.29. The van der Waals surface area contributed by atoms with Crippen molar-refractivity contribution in [3.05, 3.63) is 65.7 Å². The summed E-state index contributed by atoms with van der Waals surface area (Å²) in [6.45, 7) is 4.83. The van der Waals surface area contributed by atoms with Crippen molar-refractivity contribution in [3.63, 3.8) is 0 Å². The van der Waals surface area contributed by atoms with Crippen LogP contribution in [0.4, 0.5) is 10.1 Å². The summed E-state index contributed by atoms with van der Waals surface area (Å²) < 4.78 is 27.3. The number of imidazole rings is 1. The number of methoxy groups -OCH3 is 1. The van der Waals surface area contributed by atoms with E-state index in [1.165, 1.54) is 13.2 Å². The fraction of sp³-hybridized carbons (Fsp3) is 0.308. The van der Waals surface area contributed by atoms with E-state index in [1.807, 2.05) is 24.3 Å². The molecule has 0 aliphatic carbocycles. The van der Waals surface area contributed by atoms with E-state index in [0.29, 0.717) is 36.1 Å². The molecule has 6 nitrogen and oxygen atoms in total. The number of benzene rings is 3. The molecular weight excluding hydrogens is 421 g/mol. The lowest BCUT2D eigenvalue weighted by atomic mass is 10.1. The van der Waals surface area contributed by atoms with E-state index >= 15 is 0 Å². The first-order chi connectivity index (χ1) is 16.1. The molecule has 1 aliphatic rings. The third-order valence-corrected chi connectivity index (χ3v) is 6.16. The molecule has 4 aromatic rings. The second-order valence-electron chi connectivity index (χ2n) is 8.18. The quantitative estimate of drug-likeness (QED) is 0.408. The third-order valence-electron chi connectivity index (χ3n) is 6.16. The Morgan fingerprint density at radius 1 is 1.12 bits per heavy atom. The topological polar surface area (TPSA) is 56.6 Å². The molecule has 33 heavy (non-hydrogen) atoms. The largest absolute Gasteiger partial charge is 0.465 e. The number of carbonyl (C=O) groups is 1. The zero-order valence-corrected chi connectivity index (χ0v) is 18.8. The number of ether oxygens (including phenoxy) is 2. The number of aryl methyl sites for hydroxylation is 1. The Kier molecular flexibility index (Phi) is 5.72. The van der Waals surface area contributed by atoms with E-state index < -0.39 is 5.97 Å². The summed E-state index contributed by atoms with van der Waals surface area (Å²) in [5, 5.41) is 1.35. The van der Waals surface area contributed by atoms with Gasteiger partial charge in [0.2, 0.25) is 0 Å². The minimum absolute atomic E-state index is 0.264. The van der Waals surface area contributed by atoms with Crippen LogP contribution in [0.3, 0.4) is 0 Å². The maximum absolute atomic E-state index is 14.6. The number of morpholine rings is 1. The summed E-state index contributed by atoms with van der Waals surface area (Å²) in [5.74, 6) is 0.139. The van der Waals surface area contributed by atoms with Gasteiger partial charge in [0.05, 0.1) is 37.1 Å². The first-order valence-corrected chi connectivity index (χ1v) is 11.3. The van der Waals surface area contributed by atoms with Gasteiger partial charge in [-0.2, -0.15) is 0 Å². The molecule has 2 heterocycles. The van der Waals surface area contributed by atoms with Crippen molar-refractivity contribution in [2.24, 2.45) is 0 Å². The Hall–Kier alpha value is -3.45. The van der Waals surface area contributed by atoms with Gasteiger partial charge in [-0.25, -0.2) is 14.2 Å². The molecule has 0 atom stereocenters. The number of esters is 1. The van der Waals surface area contributed by atoms with Crippen LogP contribution >= 0.6 is 0 Å². The molecular formula is C26H26FN3O3. The number of halogens is 1. The minimum Gasteiger partial charge on any atom is -0.465 e. The SMILES string of the molecule is CCCc1nc2c(C(=O)OC)cc(N3CCOCC3)cc2n1-c1cccc2c(F)cccc12. The molecule has 0 N–H and O–H groups in total. The van der Waals surface area contributed by atoms with Crippen LogP contribution in [-0.4, -0.2) is 48.9 Å². The van der Waals surface area contributed by atoms with Gasteiger partial charge in [-0.1, -0.05) is 31.2 Å². The van der Waals surface area contributed by atoms with Crippen LogP contribution in [0.2, 0.25) is 0 Å². The van der Waals surface area contributed by atoms with Crippen molar-refractivity contribution in [3.8, 4) is 5.69 Å². The molecule has 0 bridgehead atoms. The zero-order valence-electron chi connectivity index (χ0n) is 18.8. The maximum atomic E-state index is 14.6. The number of fused-ring (bicyclic) bond motifs is 2. The number of anilines is 1. The monoisotopic (exact) mass is 447 g/mol. The maximum Gasteiger partial charge on any atom is 0.340 e. The van der Waals surface area contributed by atoms with Crippen molar-refractivity contribution in [2.45, 2.75) is 19.8 Å². The smallest absolute Gasteiger partial charge is 0.340 e. The van der Waals surface area contributed by atoms with E-state index in [4.69, 9.17) is 14.5 Å². The van der Waals surface area contributed by atoms with Gasteiger partial charge in [0.25, 0.3) is 0 Å². The van der Waals surface area contributed by atoms with Crippen LogP contribution in [0.15, 0.2) is 48.5 Å². The predicted molar refractivity (Wildman–Crippen MR) is 127 cm³/mol. The molecule has 1 saturated heterocycles. The highest BCUT2D eigenvalue weighted by molar-refractivity contribution is 6.05. The molecule has 0 unspecified atom stereocenters. The van der Waals surface area contributed by atoms with Gasteiger partial charge in [-0.3, -0.25) is 4.57 Å². The molecule has 1 fully saturated rings. The van der Waals surface area contributed by atoms with Gasteiger partial charge < -0.3 is 14.4 Å². The molecule has 5 rings (SSSR count). The van der Waals surface area contributed by atoms with E-state index in [0.717, 1.165) is 47.6 Å². The summed E-state index contributed by atoms with van der Waals surface area (Å²) in [4.78, 5) is 19.9. The van der Waals surface area contributed by atoms with E-state index in [-0.39, 0.29) is 5.82 Å². The van der Waals surface area contributed by atoms with Gasteiger partial charge in [-0.15, -0.1) is 0 Å². The fourth-order valence-electron chi connectivity index (χ4n) is 4.59. The zero-order chi connectivity index (χ0) is 22.9. The van der Waals surface area contributed by atoms with Gasteiger partial charge in [0, 0.05) is 36.0 Å². The van der Waals surface area contributed by atoms with Crippen molar-refractivity contribution in [1.29, 1.82) is 0 Å². The van der Waals surface area contributed by atoms with Crippen molar-refractivity contribution < 1.29 is 18.7 Å². The Morgan fingerprint density at radius 3 is 2.64 bits per heavy atom. The lowest BCUT2D eigenvalue weighted by Crippen LogP contribution is -2.36. The molecule has 0 saturated carbocycles. The van der Waals surface area contributed by atoms with Crippen LogP contribution in [-0.2, 0) is 15.9 Å². The number of hydrogen-bond acceptors (Lipinski definition) is 5. The summed E-state index contributed by atoms with van der Waals surface area (Å²) in [5.41, 5.74) is 3.59. The Labute approximate surface area is 191 Å². The van der Waals surface area contributed by atoms with Crippen LogP contribution in [0, 0.1) is 5.82 Å². The standard InChI is InChI=1S/C26H26FN3O3/c1-3-6-24-28-25-20(26(31)32-2)15-17(29-11-13-33-14-12-29)16-23(25)30(24)22-10-5-7-18-19(22)8-4-9-21(18)27/h4-5,7-10,15-16H,3,6,11-14H2,1-2H3. The Morgan fingerprint density at radius 2 is 1.88 bits per heavy atom. The molecule has 0 amide bonds. The van der Waals surface area contributed by atoms with Gasteiger partial charge in [0.1, 0.15) is 17.2 Å². The van der Waals surface area contributed by atoms with E-state index in [9.17, 15) is 9.18 Å². The fourth-order valence-corrected chi connectivity index (χ4v) is 4.59. The Balaban J connectivity index is 1.84. The van der Waals surface area contributed by atoms with Crippen molar-refractivity contribution in [2.75, 3.05) is 38.3 Å². The molecule has 1 aliphatic heterocycles. The molecule has 0 radical (unpaired) electrons. The Bertz CT molecular complexity index is 1340. The first kappa shape index (κ1) is 21.4. The van der Waals surface area contributed by atoms with Crippen molar-refractivity contribution in [1.82, 2.24) is 9.55 Å². The van der Waals surface area contributed by atoms with Gasteiger partial charge >= 0.3 is 5.97 Å². The molecule has 3 aromatic carbocycles. The summed E-state index contributed by atoms with van der Waals surface area (Å²) in [6, 6.07) is 14.6. The lowest BCUT2D eigenvalue weighted by molar-refractivity contribution is 0.0603. The first-order valence-electron chi connectivity index (χ1n) is 11.3. The normalized spacial score (nSPS) is 14.2. The van der Waals surface area contributed by atoms with E-state index in [1.54, 1.807) is 12.1 Å². The number of carbonyl (C=O) groups excluding carboxylic acids is 1. The summed E-state index contributed by atoms with van der Waals surface area (Å²) in [6.07, 6.45) is 1.60. The summed E-state index contributed by atoms with van der Waals surface area (Å²) in [7, 11) is 1.38.